The molecule has 1 atom stereocenters. The number of carbonyl (C=O) groups is 2. The van der Waals surface area contributed by atoms with Crippen LogP contribution in [0.1, 0.15) is 25.1 Å². The minimum absolute atomic E-state index is 0.00851. The van der Waals surface area contributed by atoms with E-state index in [1.807, 2.05) is 4.90 Å². The van der Waals surface area contributed by atoms with Gasteiger partial charge in [0.2, 0.25) is 11.9 Å². The van der Waals surface area contributed by atoms with Crippen LogP contribution in [0.2, 0.25) is 0 Å². The molecule has 3 heterocycles. The summed E-state index contributed by atoms with van der Waals surface area (Å²) in [6, 6.07) is 0.0752. The Morgan fingerprint density at radius 1 is 1.17 bits per heavy atom. The number of ether oxygens (including phenoxy) is 2. The van der Waals surface area contributed by atoms with Gasteiger partial charge in [0, 0.05) is 13.1 Å². The van der Waals surface area contributed by atoms with Crippen molar-refractivity contribution in [3.8, 4) is 6.01 Å². The number of anilines is 1. The monoisotopic (exact) mass is 335 g/mol. The average Bonchev–Trinajstić information content (AvgIpc) is 3.03. The highest BCUT2D eigenvalue weighted by Gasteiger charge is 2.43. The Balaban J connectivity index is 1.97. The average molecular weight is 335 g/mol. The Morgan fingerprint density at radius 3 is 2.58 bits per heavy atom. The summed E-state index contributed by atoms with van der Waals surface area (Å²) < 4.78 is 9.73. The summed E-state index contributed by atoms with van der Waals surface area (Å²) in [5.74, 6) is -2.44. The molecule has 2 aliphatic heterocycles. The van der Waals surface area contributed by atoms with E-state index in [0.717, 1.165) is 32.4 Å². The maximum Gasteiger partial charge on any atom is 0.355 e. The number of hydrogen-bond acceptors (Lipinski definition) is 10. The third-order valence-electron chi connectivity index (χ3n) is 3.83. The minimum Gasteiger partial charge on any atom is -0.468 e. The number of oxime groups is 1. The van der Waals surface area contributed by atoms with Crippen LogP contribution in [0.25, 0.3) is 0 Å². The second kappa shape index (κ2) is 6.77. The van der Waals surface area contributed by atoms with Gasteiger partial charge in [0.1, 0.15) is 0 Å². The fourth-order valence-corrected chi connectivity index (χ4v) is 2.59. The third kappa shape index (κ3) is 2.99. The first-order valence-corrected chi connectivity index (χ1v) is 7.56. The third-order valence-corrected chi connectivity index (χ3v) is 3.83. The van der Waals surface area contributed by atoms with E-state index in [4.69, 9.17) is 4.74 Å². The zero-order valence-electron chi connectivity index (χ0n) is 13.4. The normalized spacial score (nSPS) is 20.4. The number of esters is 1. The molecule has 1 fully saturated rings. The molecule has 0 bridgehead atoms. The quantitative estimate of drug-likeness (QED) is 0.423. The van der Waals surface area contributed by atoms with Crippen LogP contribution in [-0.4, -0.2) is 59.9 Å². The molecular formula is C14H17N5O5. The number of hydrogen-bond donors (Lipinski definition) is 0. The van der Waals surface area contributed by atoms with Crippen molar-refractivity contribution in [3.05, 3.63) is 5.82 Å². The van der Waals surface area contributed by atoms with Gasteiger partial charge in [0.05, 0.1) is 14.2 Å². The van der Waals surface area contributed by atoms with Gasteiger partial charge in [0.25, 0.3) is 0 Å². The van der Waals surface area contributed by atoms with E-state index in [9.17, 15) is 9.59 Å². The van der Waals surface area contributed by atoms with Gasteiger partial charge in [0.15, 0.2) is 11.5 Å². The zero-order valence-corrected chi connectivity index (χ0v) is 13.4. The lowest BCUT2D eigenvalue weighted by molar-refractivity contribution is -0.154. The van der Waals surface area contributed by atoms with E-state index in [1.54, 1.807) is 0 Å². The predicted molar refractivity (Wildman–Crippen MR) is 80.6 cm³/mol. The number of aromatic nitrogens is 3. The van der Waals surface area contributed by atoms with Crippen LogP contribution in [0.15, 0.2) is 5.16 Å². The summed E-state index contributed by atoms with van der Waals surface area (Å²) in [6.07, 6.45) is 3.23. The molecular weight excluding hydrogens is 318 g/mol. The SMILES string of the molecule is COC(=O)C1C(=O)ON=C1c1nc(OC)nc(N2CCCCC2)n1. The first-order chi connectivity index (χ1) is 11.6. The lowest BCUT2D eigenvalue weighted by Gasteiger charge is -2.26. The van der Waals surface area contributed by atoms with Gasteiger partial charge in [-0.3, -0.25) is 4.79 Å². The second-order valence-electron chi connectivity index (χ2n) is 5.34. The van der Waals surface area contributed by atoms with Gasteiger partial charge >= 0.3 is 17.9 Å². The summed E-state index contributed by atoms with van der Waals surface area (Å²) in [4.78, 5) is 42.9. The molecule has 3 rings (SSSR count). The molecule has 0 amide bonds. The molecule has 128 valence electrons. The molecule has 0 saturated carbocycles. The largest absolute Gasteiger partial charge is 0.468 e. The van der Waals surface area contributed by atoms with Crippen molar-refractivity contribution in [1.82, 2.24) is 15.0 Å². The molecule has 10 nitrogen and oxygen atoms in total. The molecule has 2 aliphatic rings. The molecule has 1 aromatic rings. The molecule has 0 N–H and O–H groups in total. The topological polar surface area (TPSA) is 116 Å². The maximum atomic E-state index is 11.8. The van der Waals surface area contributed by atoms with Crippen LogP contribution in [0, 0.1) is 5.92 Å². The van der Waals surface area contributed by atoms with Crippen LogP contribution in [0.5, 0.6) is 6.01 Å². The molecule has 1 unspecified atom stereocenters. The fourth-order valence-electron chi connectivity index (χ4n) is 2.59. The Morgan fingerprint density at radius 2 is 1.92 bits per heavy atom. The fraction of sp³-hybridized carbons (Fsp3) is 0.571. The summed E-state index contributed by atoms with van der Waals surface area (Å²) in [5.41, 5.74) is -0.00851. The van der Waals surface area contributed by atoms with E-state index < -0.39 is 17.9 Å². The highest BCUT2D eigenvalue weighted by atomic mass is 16.7. The van der Waals surface area contributed by atoms with Crippen LogP contribution < -0.4 is 9.64 Å². The van der Waals surface area contributed by atoms with Crippen molar-refractivity contribution < 1.29 is 23.9 Å². The predicted octanol–water partition coefficient (Wildman–Crippen LogP) is -0.0794. The molecule has 0 aliphatic carbocycles. The number of nitrogens with zero attached hydrogens (tertiary/aromatic N) is 5. The van der Waals surface area contributed by atoms with Crippen LogP contribution in [-0.2, 0) is 19.2 Å². The van der Waals surface area contributed by atoms with E-state index in [1.165, 1.54) is 14.2 Å². The Kier molecular flexibility index (Phi) is 4.54. The Labute approximate surface area is 137 Å². The lowest BCUT2D eigenvalue weighted by atomic mass is 10.0. The van der Waals surface area contributed by atoms with Gasteiger partial charge in [-0.25, -0.2) is 4.79 Å². The van der Waals surface area contributed by atoms with E-state index in [2.05, 4.69) is 29.7 Å². The van der Waals surface area contributed by atoms with Gasteiger partial charge in [-0.15, -0.1) is 0 Å². The van der Waals surface area contributed by atoms with Crippen molar-refractivity contribution in [1.29, 1.82) is 0 Å². The van der Waals surface area contributed by atoms with Crippen molar-refractivity contribution in [2.45, 2.75) is 19.3 Å². The van der Waals surface area contributed by atoms with Crippen LogP contribution in [0.3, 0.4) is 0 Å². The zero-order chi connectivity index (χ0) is 17.1. The molecule has 0 spiro atoms. The number of carbonyl (C=O) groups excluding carboxylic acids is 2. The van der Waals surface area contributed by atoms with Crippen molar-refractivity contribution in [3.63, 3.8) is 0 Å². The summed E-state index contributed by atoms with van der Waals surface area (Å²) in [6.45, 7) is 1.63. The second-order valence-corrected chi connectivity index (χ2v) is 5.34. The molecule has 0 aromatic carbocycles. The Hall–Kier alpha value is -2.78. The summed E-state index contributed by atoms with van der Waals surface area (Å²) in [5, 5.41) is 3.64. The molecule has 0 radical (unpaired) electrons. The van der Waals surface area contributed by atoms with E-state index in [0.29, 0.717) is 5.95 Å². The highest BCUT2D eigenvalue weighted by molar-refractivity contribution is 6.23. The van der Waals surface area contributed by atoms with Crippen LogP contribution in [0.4, 0.5) is 5.95 Å². The van der Waals surface area contributed by atoms with Crippen molar-refractivity contribution >= 4 is 23.6 Å². The lowest BCUT2D eigenvalue weighted by Crippen LogP contribution is -2.33. The van der Waals surface area contributed by atoms with Gasteiger partial charge in [-0.2, -0.15) is 15.0 Å². The first kappa shape index (κ1) is 16.1. The Bertz CT molecular complexity index is 686. The molecule has 10 heteroatoms. The number of methoxy groups -OCH3 is 2. The van der Waals surface area contributed by atoms with Gasteiger partial charge < -0.3 is 19.2 Å². The van der Waals surface area contributed by atoms with E-state index >= 15 is 0 Å². The minimum atomic E-state index is -1.31. The standard InChI is InChI=1S/C14H17N5O5/c1-22-11(20)8-9(18-24-12(8)21)10-15-13(17-14(16-10)23-2)19-6-4-3-5-7-19/h8H,3-7H2,1-2H3. The smallest absolute Gasteiger partial charge is 0.355 e. The molecule has 24 heavy (non-hydrogen) atoms. The summed E-state index contributed by atoms with van der Waals surface area (Å²) in [7, 11) is 2.60. The van der Waals surface area contributed by atoms with Gasteiger partial charge in [-0.05, 0) is 19.3 Å². The molecule has 1 aromatic heterocycles. The molecule has 1 saturated heterocycles. The maximum absolute atomic E-state index is 11.8. The van der Waals surface area contributed by atoms with Crippen LogP contribution >= 0.6 is 0 Å². The first-order valence-electron chi connectivity index (χ1n) is 7.56. The van der Waals surface area contributed by atoms with Crippen molar-refractivity contribution in [2.24, 2.45) is 11.1 Å². The van der Waals surface area contributed by atoms with E-state index in [-0.39, 0.29) is 17.5 Å². The number of piperidine rings is 1. The highest BCUT2D eigenvalue weighted by Crippen LogP contribution is 2.22. The summed E-state index contributed by atoms with van der Waals surface area (Å²) >= 11 is 0. The number of rotatable bonds is 4. The van der Waals surface area contributed by atoms with Crippen molar-refractivity contribution in [2.75, 3.05) is 32.2 Å². The van der Waals surface area contributed by atoms with Gasteiger partial charge in [-0.1, -0.05) is 5.16 Å².